The van der Waals surface area contributed by atoms with Crippen LogP contribution in [0.1, 0.15) is 11.3 Å². The van der Waals surface area contributed by atoms with Crippen LogP contribution in [0.3, 0.4) is 0 Å². The van der Waals surface area contributed by atoms with E-state index in [2.05, 4.69) is 15.0 Å². The zero-order valence-corrected chi connectivity index (χ0v) is 14.2. The first-order chi connectivity index (χ1) is 12.1. The summed E-state index contributed by atoms with van der Waals surface area (Å²) in [5, 5.41) is 0.448. The molecule has 2 aliphatic heterocycles. The molecular formula is C18H14ClN5O. The molecule has 0 saturated heterocycles. The molecule has 0 aromatic carbocycles. The van der Waals surface area contributed by atoms with Crippen molar-refractivity contribution in [3.8, 4) is 17.3 Å². The van der Waals surface area contributed by atoms with Crippen molar-refractivity contribution in [2.24, 2.45) is 0 Å². The minimum absolute atomic E-state index is 0.345. The van der Waals surface area contributed by atoms with Gasteiger partial charge in [-0.1, -0.05) is 23.7 Å². The topological polar surface area (TPSA) is 65.6 Å². The third-order valence-electron chi connectivity index (χ3n) is 3.90. The van der Waals surface area contributed by atoms with Crippen LogP contribution in [0.15, 0.2) is 59.7 Å². The summed E-state index contributed by atoms with van der Waals surface area (Å²) in [4.78, 5) is 25.2. The number of rotatable bonds is 3. The van der Waals surface area contributed by atoms with Crippen molar-refractivity contribution in [3.63, 3.8) is 0 Å². The van der Waals surface area contributed by atoms with Crippen LogP contribution >= 0.6 is 11.6 Å². The van der Waals surface area contributed by atoms with Gasteiger partial charge in [0.15, 0.2) is 5.82 Å². The van der Waals surface area contributed by atoms with E-state index in [9.17, 15) is 4.79 Å². The van der Waals surface area contributed by atoms with Gasteiger partial charge >= 0.3 is 5.69 Å². The molecule has 0 atom stereocenters. The van der Waals surface area contributed by atoms with E-state index in [1.165, 1.54) is 4.57 Å². The van der Waals surface area contributed by atoms with Crippen molar-refractivity contribution in [1.82, 2.24) is 24.1 Å². The largest absolute Gasteiger partial charge is 0.356 e. The predicted octanol–water partition coefficient (Wildman–Crippen LogP) is 2.94. The molecule has 2 aromatic rings. The van der Waals surface area contributed by atoms with Crippen molar-refractivity contribution < 1.29 is 0 Å². The van der Waals surface area contributed by atoms with Gasteiger partial charge in [0.05, 0.1) is 12.2 Å². The van der Waals surface area contributed by atoms with Gasteiger partial charge in [-0.05, 0) is 42.8 Å². The van der Waals surface area contributed by atoms with Gasteiger partial charge in [0.25, 0.3) is 0 Å². The van der Waals surface area contributed by atoms with Gasteiger partial charge in [-0.2, -0.15) is 4.98 Å². The first kappa shape index (κ1) is 15.5. The molecule has 0 fully saturated rings. The van der Waals surface area contributed by atoms with Crippen LogP contribution in [-0.2, 0) is 6.54 Å². The highest BCUT2D eigenvalue weighted by molar-refractivity contribution is 6.29. The lowest BCUT2D eigenvalue weighted by atomic mass is 10.2. The Morgan fingerprint density at radius 2 is 1.96 bits per heavy atom. The second-order valence-electron chi connectivity index (χ2n) is 5.70. The van der Waals surface area contributed by atoms with Gasteiger partial charge in [-0.3, -0.25) is 0 Å². The zero-order chi connectivity index (χ0) is 17.4. The Labute approximate surface area is 148 Å². The van der Waals surface area contributed by atoms with E-state index < -0.39 is 0 Å². The molecule has 25 heavy (non-hydrogen) atoms. The van der Waals surface area contributed by atoms with Crippen molar-refractivity contribution in [2.75, 3.05) is 0 Å². The Bertz CT molecular complexity index is 1070. The number of halogens is 1. The summed E-state index contributed by atoms with van der Waals surface area (Å²) in [7, 11) is 0. The third kappa shape index (κ3) is 2.92. The molecule has 124 valence electrons. The van der Waals surface area contributed by atoms with Crippen molar-refractivity contribution in [3.05, 3.63) is 81.8 Å². The molecule has 4 heterocycles. The van der Waals surface area contributed by atoms with Crippen LogP contribution < -0.4 is 5.69 Å². The van der Waals surface area contributed by atoms with Crippen LogP contribution in [0.25, 0.3) is 17.3 Å². The number of aryl methyl sites for hydroxylation is 1. The quantitative estimate of drug-likeness (QED) is 0.532. The second kappa shape index (κ2) is 6.14. The molecule has 0 radical (unpaired) electrons. The number of imidazole rings is 1. The molecular weight excluding hydrogens is 338 g/mol. The van der Waals surface area contributed by atoms with E-state index in [-0.39, 0.29) is 5.69 Å². The van der Waals surface area contributed by atoms with Crippen LogP contribution in [0, 0.1) is 6.92 Å². The van der Waals surface area contributed by atoms with E-state index in [0.29, 0.717) is 29.0 Å². The fourth-order valence-electron chi connectivity index (χ4n) is 2.77. The molecule has 0 aliphatic carbocycles. The number of fused-ring (bicyclic) bond motifs is 1. The molecule has 0 bridgehead atoms. The Hall–Kier alpha value is -2.99. The highest BCUT2D eigenvalue weighted by Crippen LogP contribution is 2.21. The van der Waals surface area contributed by atoms with Crippen LogP contribution in [0.5, 0.6) is 0 Å². The van der Waals surface area contributed by atoms with Crippen molar-refractivity contribution in [1.29, 1.82) is 0 Å². The van der Waals surface area contributed by atoms with Crippen molar-refractivity contribution in [2.45, 2.75) is 13.5 Å². The summed E-state index contributed by atoms with van der Waals surface area (Å²) >= 11 is 5.83. The van der Waals surface area contributed by atoms with E-state index in [0.717, 1.165) is 11.3 Å². The smallest absolute Gasteiger partial charge is 0.327 e. The average Bonchev–Trinajstić information content (AvgIpc) is 2.94. The Balaban J connectivity index is 1.79. The molecule has 0 unspecified atom stereocenters. The van der Waals surface area contributed by atoms with Gasteiger partial charge in [0, 0.05) is 18.1 Å². The summed E-state index contributed by atoms with van der Waals surface area (Å²) < 4.78 is 3.44. The summed E-state index contributed by atoms with van der Waals surface area (Å²) in [6, 6.07) is 13.0. The van der Waals surface area contributed by atoms with E-state index in [1.807, 2.05) is 48.0 Å². The second-order valence-corrected chi connectivity index (χ2v) is 6.09. The molecule has 0 N–H and O–H groups in total. The molecule has 7 heteroatoms. The molecule has 2 aliphatic rings. The number of hydrogen-bond acceptors (Lipinski definition) is 4. The maximum absolute atomic E-state index is 12.5. The lowest BCUT2D eigenvalue weighted by Gasteiger charge is -2.12. The third-order valence-corrected chi connectivity index (χ3v) is 4.12. The average molecular weight is 352 g/mol. The van der Waals surface area contributed by atoms with Crippen molar-refractivity contribution >= 4 is 11.6 Å². The van der Waals surface area contributed by atoms with Crippen LogP contribution in [-0.4, -0.2) is 24.1 Å². The Morgan fingerprint density at radius 3 is 2.72 bits per heavy atom. The van der Waals surface area contributed by atoms with Gasteiger partial charge < -0.3 is 4.57 Å². The fraction of sp³-hybridized carbons (Fsp3) is 0.111. The molecule has 6 nitrogen and oxygen atoms in total. The minimum Gasteiger partial charge on any atom is -0.327 e. The summed E-state index contributed by atoms with van der Waals surface area (Å²) in [6.07, 6.45) is 3.60. The standard InChI is InChI=1S/C18H14ClN5O/c1-12-4-2-6-16(21-12)24-14-5-3-9-23(17(14)22-18(24)25)11-13-7-8-15(19)20-10-13/h2-10H,11H2,1H3. The normalized spacial score (nSPS) is 11.1. The predicted molar refractivity (Wildman–Crippen MR) is 95.3 cm³/mol. The lowest BCUT2D eigenvalue weighted by molar-refractivity contribution is 0.779. The lowest BCUT2D eigenvalue weighted by Crippen LogP contribution is -2.15. The highest BCUT2D eigenvalue weighted by atomic mass is 35.5. The molecule has 4 rings (SSSR count). The minimum atomic E-state index is -0.345. The van der Waals surface area contributed by atoms with E-state index in [1.54, 1.807) is 18.3 Å². The SMILES string of the molecule is Cc1cccc(-n2c3cccn(Cc4ccc(Cl)nc4)c-3nc2=O)n1. The molecule has 2 aromatic heterocycles. The molecule has 0 spiro atoms. The monoisotopic (exact) mass is 351 g/mol. The summed E-state index contributed by atoms with van der Waals surface area (Å²) in [5.41, 5.74) is 2.18. The maximum Gasteiger partial charge on any atom is 0.356 e. The van der Waals surface area contributed by atoms with Crippen LogP contribution in [0.4, 0.5) is 0 Å². The van der Waals surface area contributed by atoms with Gasteiger partial charge in [-0.15, -0.1) is 0 Å². The van der Waals surface area contributed by atoms with E-state index >= 15 is 0 Å². The zero-order valence-electron chi connectivity index (χ0n) is 13.4. The van der Waals surface area contributed by atoms with Gasteiger partial charge in [-0.25, -0.2) is 19.3 Å². The summed E-state index contributed by atoms with van der Waals surface area (Å²) in [6.45, 7) is 2.43. The molecule has 0 amide bonds. The number of pyridine rings is 3. The first-order valence-electron chi connectivity index (χ1n) is 7.74. The van der Waals surface area contributed by atoms with Crippen LogP contribution in [0.2, 0.25) is 5.15 Å². The maximum atomic E-state index is 12.5. The highest BCUT2D eigenvalue weighted by Gasteiger charge is 2.19. The van der Waals surface area contributed by atoms with Gasteiger partial charge in [0.1, 0.15) is 11.0 Å². The number of nitrogens with zero attached hydrogens (tertiary/aromatic N) is 5. The van der Waals surface area contributed by atoms with E-state index in [4.69, 9.17) is 11.6 Å². The first-order valence-corrected chi connectivity index (χ1v) is 8.12. The Kier molecular flexibility index (Phi) is 3.82. The summed E-state index contributed by atoms with van der Waals surface area (Å²) in [5.74, 6) is 1.17. The number of aromatic nitrogens is 5. The van der Waals surface area contributed by atoms with Gasteiger partial charge in [0.2, 0.25) is 0 Å². The molecule has 0 saturated carbocycles. The number of hydrogen-bond donors (Lipinski definition) is 0. The fourth-order valence-corrected chi connectivity index (χ4v) is 2.88. The Morgan fingerprint density at radius 1 is 1.08 bits per heavy atom.